The summed E-state index contributed by atoms with van der Waals surface area (Å²) in [4.78, 5) is 2.49. The standard InChI is InChI=1S/C20H22N2/c1-21-14-8-13-20(21)17-22(15-18-9-4-2-5-10-18)16-19-11-6-3-7-12-19/h2-14H,15-17H2,1H3. The quantitative estimate of drug-likeness (QED) is 0.659. The van der Waals surface area contributed by atoms with Crippen LogP contribution in [0.25, 0.3) is 0 Å². The molecule has 0 saturated carbocycles. The van der Waals surface area contributed by atoms with Gasteiger partial charge in [-0.3, -0.25) is 4.90 Å². The molecule has 2 nitrogen and oxygen atoms in total. The van der Waals surface area contributed by atoms with Gasteiger partial charge in [0.15, 0.2) is 0 Å². The summed E-state index contributed by atoms with van der Waals surface area (Å²) in [5.41, 5.74) is 4.05. The highest BCUT2D eigenvalue weighted by molar-refractivity contribution is 5.18. The van der Waals surface area contributed by atoms with Crippen LogP contribution in [0.15, 0.2) is 79.0 Å². The van der Waals surface area contributed by atoms with Gasteiger partial charge in [0, 0.05) is 38.6 Å². The summed E-state index contributed by atoms with van der Waals surface area (Å²) in [6.45, 7) is 2.87. The largest absolute Gasteiger partial charge is 0.353 e. The van der Waals surface area contributed by atoms with Crippen molar-refractivity contribution in [2.75, 3.05) is 0 Å². The number of aryl methyl sites for hydroxylation is 1. The van der Waals surface area contributed by atoms with E-state index in [9.17, 15) is 0 Å². The molecule has 0 aliphatic carbocycles. The second-order valence-corrected chi connectivity index (χ2v) is 5.73. The van der Waals surface area contributed by atoms with Gasteiger partial charge in [-0.15, -0.1) is 0 Å². The number of hydrogen-bond donors (Lipinski definition) is 0. The Morgan fingerprint density at radius 3 is 1.68 bits per heavy atom. The summed E-state index contributed by atoms with van der Waals surface area (Å²) in [5, 5.41) is 0. The highest BCUT2D eigenvalue weighted by Gasteiger charge is 2.09. The van der Waals surface area contributed by atoms with Gasteiger partial charge in [0.2, 0.25) is 0 Å². The topological polar surface area (TPSA) is 8.17 Å². The summed E-state index contributed by atoms with van der Waals surface area (Å²) in [5.74, 6) is 0. The molecule has 2 heteroatoms. The molecule has 1 aromatic heterocycles. The number of nitrogens with zero attached hydrogens (tertiary/aromatic N) is 2. The van der Waals surface area contributed by atoms with Crippen LogP contribution in [-0.4, -0.2) is 9.47 Å². The molecule has 0 N–H and O–H groups in total. The maximum atomic E-state index is 2.49. The first-order chi connectivity index (χ1) is 10.8. The smallest absolute Gasteiger partial charge is 0.0394 e. The minimum absolute atomic E-state index is 0.952. The van der Waals surface area contributed by atoms with Gasteiger partial charge in [0.25, 0.3) is 0 Å². The van der Waals surface area contributed by atoms with Crippen LogP contribution in [0.4, 0.5) is 0 Å². The summed E-state index contributed by atoms with van der Waals surface area (Å²) < 4.78 is 2.20. The molecule has 0 spiro atoms. The van der Waals surface area contributed by atoms with Crippen molar-refractivity contribution in [1.29, 1.82) is 0 Å². The Morgan fingerprint density at radius 1 is 0.682 bits per heavy atom. The fraction of sp³-hybridized carbons (Fsp3) is 0.200. The molecule has 22 heavy (non-hydrogen) atoms. The van der Waals surface area contributed by atoms with Crippen LogP contribution >= 0.6 is 0 Å². The van der Waals surface area contributed by atoms with Gasteiger partial charge >= 0.3 is 0 Å². The van der Waals surface area contributed by atoms with E-state index in [1.807, 2.05) is 0 Å². The molecule has 1 heterocycles. The number of hydrogen-bond acceptors (Lipinski definition) is 1. The van der Waals surface area contributed by atoms with E-state index in [0.717, 1.165) is 19.6 Å². The highest BCUT2D eigenvalue weighted by atomic mass is 15.1. The van der Waals surface area contributed by atoms with Gasteiger partial charge in [-0.05, 0) is 23.3 Å². The van der Waals surface area contributed by atoms with Crippen molar-refractivity contribution >= 4 is 0 Å². The van der Waals surface area contributed by atoms with Gasteiger partial charge in [0.1, 0.15) is 0 Å². The fourth-order valence-electron chi connectivity index (χ4n) is 2.74. The van der Waals surface area contributed by atoms with Crippen molar-refractivity contribution in [3.63, 3.8) is 0 Å². The molecular weight excluding hydrogens is 268 g/mol. The number of rotatable bonds is 6. The second kappa shape index (κ2) is 7.10. The average molecular weight is 290 g/mol. The molecular formula is C20H22N2. The lowest BCUT2D eigenvalue weighted by Crippen LogP contribution is -2.23. The first-order valence-electron chi connectivity index (χ1n) is 7.72. The van der Waals surface area contributed by atoms with Gasteiger partial charge in [0.05, 0.1) is 0 Å². The fourth-order valence-corrected chi connectivity index (χ4v) is 2.74. The molecule has 3 rings (SSSR count). The first kappa shape index (κ1) is 14.6. The maximum absolute atomic E-state index is 2.49. The molecule has 0 fully saturated rings. The number of benzene rings is 2. The lowest BCUT2D eigenvalue weighted by atomic mass is 10.1. The third-order valence-corrected chi connectivity index (χ3v) is 3.93. The van der Waals surface area contributed by atoms with E-state index in [1.165, 1.54) is 16.8 Å². The van der Waals surface area contributed by atoms with Crippen molar-refractivity contribution in [2.45, 2.75) is 19.6 Å². The average Bonchev–Trinajstić information content (AvgIpc) is 2.94. The SMILES string of the molecule is Cn1cccc1CN(Cc1ccccc1)Cc1ccccc1. The van der Waals surface area contributed by atoms with Crippen LogP contribution in [0, 0.1) is 0 Å². The Kier molecular flexibility index (Phi) is 4.71. The minimum atomic E-state index is 0.952. The zero-order valence-corrected chi connectivity index (χ0v) is 13.0. The van der Waals surface area contributed by atoms with Gasteiger partial charge in [-0.1, -0.05) is 60.7 Å². The third kappa shape index (κ3) is 3.86. The van der Waals surface area contributed by atoms with E-state index >= 15 is 0 Å². The van der Waals surface area contributed by atoms with Crippen molar-refractivity contribution < 1.29 is 0 Å². The summed E-state index contributed by atoms with van der Waals surface area (Å²) in [6.07, 6.45) is 2.11. The van der Waals surface area contributed by atoms with E-state index in [2.05, 4.69) is 95.5 Å². The van der Waals surface area contributed by atoms with Crippen LogP contribution in [-0.2, 0) is 26.7 Å². The zero-order valence-electron chi connectivity index (χ0n) is 13.0. The van der Waals surface area contributed by atoms with Crippen LogP contribution in [0.3, 0.4) is 0 Å². The first-order valence-corrected chi connectivity index (χ1v) is 7.72. The summed E-state index contributed by atoms with van der Waals surface area (Å²) >= 11 is 0. The molecule has 112 valence electrons. The zero-order chi connectivity index (χ0) is 15.2. The molecule has 0 atom stereocenters. The van der Waals surface area contributed by atoms with E-state index in [1.54, 1.807) is 0 Å². The molecule has 0 radical (unpaired) electrons. The van der Waals surface area contributed by atoms with Crippen LogP contribution in [0.1, 0.15) is 16.8 Å². The van der Waals surface area contributed by atoms with Gasteiger partial charge in [-0.2, -0.15) is 0 Å². The monoisotopic (exact) mass is 290 g/mol. The van der Waals surface area contributed by atoms with E-state index in [-0.39, 0.29) is 0 Å². The third-order valence-electron chi connectivity index (χ3n) is 3.93. The van der Waals surface area contributed by atoms with Gasteiger partial charge in [-0.25, -0.2) is 0 Å². The Hall–Kier alpha value is -2.32. The van der Waals surface area contributed by atoms with Gasteiger partial charge < -0.3 is 4.57 Å². The molecule has 3 aromatic rings. The van der Waals surface area contributed by atoms with Crippen molar-refractivity contribution in [2.24, 2.45) is 7.05 Å². The Balaban J connectivity index is 1.77. The second-order valence-electron chi connectivity index (χ2n) is 5.73. The van der Waals surface area contributed by atoms with Crippen molar-refractivity contribution in [3.05, 3.63) is 95.8 Å². The Morgan fingerprint density at radius 2 is 1.23 bits per heavy atom. The molecule has 2 aromatic carbocycles. The molecule has 0 saturated heterocycles. The number of aromatic nitrogens is 1. The molecule has 0 unspecified atom stereocenters. The normalized spacial score (nSPS) is 11.0. The predicted molar refractivity (Wildman–Crippen MR) is 91.2 cm³/mol. The van der Waals surface area contributed by atoms with E-state index < -0.39 is 0 Å². The summed E-state index contributed by atoms with van der Waals surface area (Å²) in [7, 11) is 2.11. The van der Waals surface area contributed by atoms with E-state index in [4.69, 9.17) is 0 Å². The lowest BCUT2D eigenvalue weighted by molar-refractivity contribution is 0.242. The lowest BCUT2D eigenvalue weighted by Gasteiger charge is -2.23. The minimum Gasteiger partial charge on any atom is -0.353 e. The van der Waals surface area contributed by atoms with E-state index in [0.29, 0.717) is 0 Å². The van der Waals surface area contributed by atoms with Crippen LogP contribution in [0.2, 0.25) is 0 Å². The predicted octanol–water partition coefficient (Wildman–Crippen LogP) is 4.23. The Labute approximate surface area is 132 Å². The van der Waals surface area contributed by atoms with Crippen molar-refractivity contribution in [3.8, 4) is 0 Å². The van der Waals surface area contributed by atoms with Crippen molar-refractivity contribution in [1.82, 2.24) is 9.47 Å². The maximum Gasteiger partial charge on any atom is 0.0394 e. The van der Waals surface area contributed by atoms with Crippen LogP contribution < -0.4 is 0 Å². The van der Waals surface area contributed by atoms with Crippen LogP contribution in [0.5, 0.6) is 0 Å². The summed E-state index contributed by atoms with van der Waals surface area (Å²) in [6, 6.07) is 25.7. The molecule has 0 aliphatic rings. The Bertz CT molecular complexity index is 644. The molecule has 0 bridgehead atoms. The molecule has 0 amide bonds. The molecule has 0 aliphatic heterocycles. The highest BCUT2D eigenvalue weighted by Crippen LogP contribution is 2.14.